The highest BCUT2D eigenvalue weighted by atomic mass is 32.2. The number of aromatic nitrogens is 3. The summed E-state index contributed by atoms with van der Waals surface area (Å²) in [5, 5.41) is 2.90. The van der Waals surface area contributed by atoms with Crippen molar-refractivity contribution in [1.82, 2.24) is 9.13 Å². The minimum Gasteiger partial charge on any atom is -0.335 e. The Morgan fingerprint density at radius 2 is 1.59 bits per heavy atom. The van der Waals surface area contributed by atoms with Crippen molar-refractivity contribution in [1.29, 1.82) is 0 Å². The van der Waals surface area contributed by atoms with Crippen LogP contribution in [0.1, 0.15) is 25.8 Å². The first-order valence-electron chi connectivity index (χ1n) is 13.4. The molecular formula is C32H31N4OS2+. The Morgan fingerprint density at radius 1 is 0.846 bits per heavy atom. The SMILES string of the molecule is CCN1C(=CC=c2c(=O)n(CC)c(=Cc3sc4ccccc4[n+]3CC)n2-c2ccccc2)Sc2ccccc21. The lowest BCUT2D eigenvalue weighted by molar-refractivity contribution is -0.665. The Labute approximate surface area is 236 Å². The highest BCUT2D eigenvalue weighted by Gasteiger charge is 2.23. The number of allylic oxidation sites excluding steroid dienone is 1. The van der Waals surface area contributed by atoms with E-state index in [0.29, 0.717) is 11.9 Å². The number of fused-ring (bicyclic) bond motifs is 2. The van der Waals surface area contributed by atoms with Crippen LogP contribution in [-0.2, 0) is 13.1 Å². The van der Waals surface area contributed by atoms with Crippen LogP contribution in [0.2, 0.25) is 0 Å². The maximum Gasteiger partial charge on any atom is 0.276 e. The quantitative estimate of drug-likeness (QED) is 0.270. The minimum absolute atomic E-state index is 0.0113. The zero-order valence-corrected chi connectivity index (χ0v) is 24.0. The van der Waals surface area contributed by atoms with E-state index in [1.165, 1.54) is 20.8 Å². The van der Waals surface area contributed by atoms with Gasteiger partial charge in [0.2, 0.25) is 5.52 Å². The molecule has 0 saturated carbocycles. The zero-order valence-electron chi connectivity index (χ0n) is 22.4. The molecule has 5 aromatic rings. The molecule has 0 amide bonds. The summed E-state index contributed by atoms with van der Waals surface area (Å²) in [7, 11) is 0. The van der Waals surface area contributed by atoms with Crippen LogP contribution in [0.15, 0.2) is 99.7 Å². The Bertz CT molecular complexity index is 1880. The number of anilines is 1. The molecule has 0 saturated heterocycles. The van der Waals surface area contributed by atoms with Gasteiger partial charge in [-0.15, -0.1) is 0 Å². The molecule has 0 spiro atoms. The first-order chi connectivity index (χ1) is 19.1. The van der Waals surface area contributed by atoms with Gasteiger partial charge in [-0.05, 0) is 63.3 Å². The molecule has 0 bridgehead atoms. The van der Waals surface area contributed by atoms with Crippen LogP contribution in [-0.4, -0.2) is 15.7 Å². The second-order valence-corrected chi connectivity index (χ2v) is 11.4. The summed E-state index contributed by atoms with van der Waals surface area (Å²) in [4.78, 5) is 17.5. The number of aryl methyl sites for hydroxylation is 1. The van der Waals surface area contributed by atoms with Gasteiger partial charge < -0.3 is 4.90 Å². The van der Waals surface area contributed by atoms with Gasteiger partial charge in [0, 0.05) is 29.7 Å². The van der Waals surface area contributed by atoms with Gasteiger partial charge in [0.1, 0.15) is 22.1 Å². The van der Waals surface area contributed by atoms with Gasteiger partial charge in [-0.1, -0.05) is 65.6 Å². The van der Waals surface area contributed by atoms with Gasteiger partial charge in [0.25, 0.3) is 10.6 Å². The Morgan fingerprint density at radius 3 is 2.36 bits per heavy atom. The third kappa shape index (κ3) is 4.45. The summed E-state index contributed by atoms with van der Waals surface area (Å²) >= 11 is 3.51. The molecule has 0 unspecified atom stereocenters. The first-order valence-corrected chi connectivity index (χ1v) is 15.0. The normalized spacial score (nSPS) is 15.2. The van der Waals surface area contributed by atoms with Gasteiger partial charge in [-0.25, -0.2) is 0 Å². The predicted molar refractivity (Wildman–Crippen MR) is 164 cm³/mol. The molecule has 2 aromatic heterocycles. The molecule has 39 heavy (non-hydrogen) atoms. The minimum atomic E-state index is 0.0113. The fourth-order valence-corrected chi connectivity index (χ4v) is 7.56. The lowest BCUT2D eigenvalue weighted by atomic mass is 10.3. The van der Waals surface area contributed by atoms with Crippen LogP contribution < -0.4 is 25.9 Å². The van der Waals surface area contributed by atoms with Crippen LogP contribution >= 0.6 is 23.1 Å². The molecule has 0 radical (unpaired) electrons. The summed E-state index contributed by atoms with van der Waals surface area (Å²) in [5.41, 5.74) is 4.29. The second kappa shape index (κ2) is 10.8. The fraction of sp³-hybridized carbons (Fsp3) is 0.188. The number of nitrogens with zero attached hydrogens (tertiary/aromatic N) is 4. The van der Waals surface area contributed by atoms with E-state index in [1.54, 1.807) is 23.1 Å². The van der Waals surface area contributed by atoms with Gasteiger partial charge in [-0.3, -0.25) is 13.9 Å². The Kier molecular flexibility index (Phi) is 7.02. The molecule has 196 valence electrons. The number of imidazole rings is 1. The molecule has 3 heterocycles. The van der Waals surface area contributed by atoms with E-state index in [-0.39, 0.29) is 5.56 Å². The van der Waals surface area contributed by atoms with Crippen LogP contribution in [0.5, 0.6) is 0 Å². The van der Waals surface area contributed by atoms with Crippen molar-refractivity contribution in [2.24, 2.45) is 0 Å². The molecule has 7 heteroatoms. The molecule has 1 aliphatic rings. The highest BCUT2D eigenvalue weighted by Crippen LogP contribution is 2.45. The van der Waals surface area contributed by atoms with Crippen molar-refractivity contribution >= 4 is 51.2 Å². The van der Waals surface area contributed by atoms with Crippen molar-refractivity contribution in [2.45, 2.75) is 38.8 Å². The molecule has 1 aliphatic heterocycles. The number of benzene rings is 3. The van der Waals surface area contributed by atoms with E-state index >= 15 is 0 Å². The maximum atomic E-state index is 13.9. The molecule has 5 nitrogen and oxygen atoms in total. The lowest BCUT2D eigenvalue weighted by Gasteiger charge is -2.17. The Hall–Kier alpha value is -3.81. The van der Waals surface area contributed by atoms with Crippen LogP contribution in [0.25, 0.3) is 28.1 Å². The summed E-state index contributed by atoms with van der Waals surface area (Å²) < 4.78 is 7.55. The third-order valence-corrected chi connectivity index (χ3v) is 9.33. The average molecular weight is 552 g/mol. The first kappa shape index (κ1) is 25.5. The highest BCUT2D eigenvalue weighted by molar-refractivity contribution is 8.03. The number of thiazole rings is 1. The van der Waals surface area contributed by atoms with Gasteiger partial charge in [0.05, 0.1) is 16.8 Å². The molecular weight excluding hydrogens is 521 g/mol. The number of rotatable bonds is 6. The number of hydrogen-bond acceptors (Lipinski definition) is 4. The van der Waals surface area contributed by atoms with E-state index in [0.717, 1.165) is 34.3 Å². The summed E-state index contributed by atoms with van der Waals surface area (Å²) in [5.74, 6) is 0. The van der Waals surface area contributed by atoms with E-state index in [1.807, 2.05) is 35.8 Å². The van der Waals surface area contributed by atoms with E-state index in [4.69, 9.17) is 0 Å². The van der Waals surface area contributed by atoms with Crippen LogP contribution in [0.3, 0.4) is 0 Å². The van der Waals surface area contributed by atoms with Crippen molar-refractivity contribution in [3.8, 4) is 5.69 Å². The van der Waals surface area contributed by atoms with E-state index in [2.05, 4.69) is 101 Å². The smallest absolute Gasteiger partial charge is 0.276 e. The van der Waals surface area contributed by atoms with Gasteiger partial charge >= 0.3 is 0 Å². The lowest BCUT2D eigenvalue weighted by Crippen LogP contribution is -2.36. The molecule has 0 N–H and O–H groups in total. The van der Waals surface area contributed by atoms with Crippen LogP contribution in [0, 0.1) is 0 Å². The standard InChI is InChI=1S/C32H31N4OS2/c1-4-33-24-16-10-12-18-27(24)38-30(33)21-20-26-32(37)35(6-3)29(36(26)23-14-8-7-9-15-23)22-31-34(5-2)25-17-11-13-19-28(25)39-31/h7-22H,4-6H2,1-3H3/q+1. The number of thioether (sulfide) groups is 1. The zero-order chi connectivity index (χ0) is 26.9. The molecule has 3 aromatic carbocycles. The Balaban J connectivity index is 1.62. The largest absolute Gasteiger partial charge is 0.335 e. The topological polar surface area (TPSA) is 34.0 Å². The molecule has 6 rings (SSSR count). The van der Waals surface area contributed by atoms with E-state index in [9.17, 15) is 4.79 Å². The summed E-state index contributed by atoms with van der Waals surface area (Å²) in [6, 6.07) is 27.1. The average Bonchev–Trinajstić information content (AvgIpc) is 3.60. The van der Waals surface area contributed by atoms with Crippen molar-refractivity contribution in [2.75, 3.05) is 11.4 Å². The van der Waals surface area contributed by atoms with E-state index < -0.39 is 0 Å². The monoisotopic (exact) mass is 551 g/mol. The van der Waals surface area contributed by atoms with Crippen molar-refractivity contribution in [3.63, 3.8) is 0 Å². The van der Waals surface area contributed by atoms with Gasteiger partial charge in [-0.2, -0.15) is 4.57 Å². The number of para-hydroxylation sites is 3. The predicted octanol–water partition coefficient (Wildman–Crippen LogP) is 5.26. The second-order valence-electron chi connectivity index (χ2n) is 9.25. The van der Waals surface area contributed by atoms with Crippen molar-refractivity contribution < 1.29 is 4.57 Å². The number of hydrogen-bond donors (Lipinski definition) is 0. The third-order valence-electron chi connectivity index (χ3n) is 7.08. The molecule has 0 aliphatic carbocycles. The van der Waals surface area contributed by atoms with Crippen LogP contribution in [0.4, 0.5) is 5.69 Å². The summed E-state index contributed by atoms with van der Waals surface area (Å²) in [6.45, 7) is 8.67. The van der Waals surface area contributed by atoms with Gasteiger partial charge in [0.15, 0.2) is 0 Å². The summed E-state index contributed by atoms with van der Waals surface area (Å²) in [6.07, 6.45) is 6.27. The van der Waals surface area contributed by atoms with Crippen molar-refractivity contribution in [3.05, 3.63) is 116 Å². The fourth-order valence-electron chi connectivity index (χ4n) is 5.27. The molecule has 0 fully saturated rings. The maximum absolute atomic E-state index is 13.9. The molecule has 0 atom stereocenters.